The van der Waals surface area contributed by atoms with Crippen LogP contribution in [0, 0.1) is 5.92 Å². The molecular formula is C20H22ClNO7. The van der Waals surface area contributed by atoms with Crippen LogP contribution in [0.25, 0.3) is 0 Å². The van der Waals surface area contributed by atoms with E-state index in [1.165, 1.54) is 12.1 Å². The average molecular weight is 424 g/mol. The summed E-state index contributed by atoms with van der Waals surface area (Å²) in [7, 11) is 0. The number of hydrogen-bond acceptors (Lipinski definition) is 7. The number of alkyl halides is 1. The molecule has 1 amide bonds. The van der Waals surface area contributed by atoms with Gasteiger partial charge in [0.25, 0.3) is 0 Å². The van der Waals surface area contributed by atoms with Gasteiger partial charge in [0.05, 0.1) is 0 Å². The molecule has 0 fully saturated rings. The Kier molecular flexibility index (Phi) is 8.54. The fraction of sp³-hybridized carbons (Fsp3) is 0.350. The number of furan rings is 1. The smallest absolute Gasteiger partial charge is 0.408 e. The van der Waals surface area contributed by atoms with E-state index in [1.54, 1.807) is 13.8 Å². The third-order valence-corrected chi connectivity index (χ3v) is 3.92. The van der Waals surface area contributed by atoms with Crippen LogP contribution in [0.15, 0.2) is 46.9 Å². The maximum absolute atomic E-state index is 12.4. The first kappa shape index (κ1) is 22.3. The Bertz CT molecular complexity index is 819. The van der Waals surface area contributed by atoms with E-state index < -0.39 is 24.1 Å². The van der Waals surface area contributed by atoms with E-state index in [1.807, 2.05) is 30.3 Å². The normalized spacial score (nSPS) is 11.6. The zero-order chi connectivity index (χ0) is 21.2. The Morgan fingerprint density at radius 3 is 2.38 bits per heavy atom. The number of nitrogens with one attached hydrogen (secondary N) is 1. The van der Waals surface area contributed by atoms with Gasteiger partial charge in [-0.25, -0.2) is 14.4 Å². The van der Waals surface area contributed by atoms with Crippen LogP contribution in [-0.2, 0) is 32.2 Å². The topological polar surface area (TPSA) is 104 Å². The fourth-order valence-electron chi connectivity index (χ4n) is 2.31. The molecule has 0 spiro atoms. The van der Waals surface area contributed by atoms with E-state index >= 15 is 0 Å². The zero-order valence-electron chi connectivity index (χ0n) is 16.1. The average Bonchev–Trinajstić information content (AvgIpc) is 3.18. The fourth-order valence-corrected chi connectivity index (χ4v) is 2.41. The highest BCUT2D eigenvalue weighted by molar-refractivity contribution is 6.17. The quantitative estimate of drug-likeness (QED) is 0.373. The summed E-state index contributed by atoms with van der Waals surface area (Å²) in [5.74, 6) is -1.43. The van der Waals surface area contributed by atoms with Crippen LogP contribution in [0.4, 0.5) is 4.79 Å². The number of carbonyl (C=O) groups excluding carboxylic acids is 3. The van der Waals surface area contributed by atoms with E-state index in [2.05, 4.69) is 10.1 Å². The molecule has 0 aliphatic carbocycles. The molecule has 0 saturated heterocycles. The van der Waals surface area contributed by atoms with Crippen LogP contribution in [0.1, 0.15) is 35.7 Å². The molecule has 1 aromatic carbocycles. The summed E-state index contributed by atoms with van der Waals surface area (Å²) < 4.78 is 20.2. The monoisotopic (exact) mass is 423 g/mol. The van der Waals surface area contributed by atoms with E-state index in [-0.39, 0.29) is 36.7 Å². The summed E-state index contributed by atoms with van der Waals surface area (Å²) in [5.41, 5.74) is 0.827. The number of esters is 2. The van der Waals surface area contributed by atoms with E-state index in [0.717, 1.165) is 5.56 Å². The van der Waals surface area contributed by atoms with Gasteiger partial charge in [-0.2, -0.15) is 0 Å². The van der Waals surface area contributed by atoms with Crippen molar-refractivity contribution < 1.29 is 33.0 Å². The summed E-state index contributed by atoms with van der Waals surface area (Å²) in [5, 5.41) is 2.51. The molecule has 0 bridgehead atoms. The molecule has 0 saturated carbocycles. The predicted octanol–water partition coefficient (Wildman–Crippen LogP) is 3.63. The Balaban J connectivity index is 1.85. The molecule has 2 aromatic rings. The molecule has 1 heterocycles. The van der Waals surface area contributed by atoms with E-state index in [9.17, 15) is 14.4 Å². The summed E-state index contributed by atoms with van der Waals surface area (Å²) in [6.07, 6.45) is -0.728. The number of rotatable bonds is 9. The second-order valence-electron chi connectivity index (χ2n) is 6.34. The SMILES string of the molecule is CC(C)[C@H](NC(=O)OCc1ccccc1)C(=O)OCc1ccc(C(=O)OCCl)o1. The van der Waals surface area contributed by atoms with Crippen molar-refractivity contribution in [2.24, 2.45) is 5.92 Å². The molecule has 1 aromatic heterocycles. The minimum atomic E-state index is -0.908. The van der Waals surface area contributed by atoms with Crippen molar-refractivity contribution in [2.45, 2.75) is 33.1 Å². The van der Waals surface area contributed by atoms with Gasteiger partial charge in [0.2, 0.25) is 5.76 Å². The van der Waals surface area contributed by atoms with Crippen LogP contribution < -0.4 is 5.32 Å². The van der Waals surface area contributed by atoms with Crippen LogP contribution in [0.3, 0.4) is 0 Å². The second-order valence-corrected chi connectivity index (χ2v) is 6.56. The van der Waals surface area contributed by atoms with Gasteiger partial charge >= 0.3 is 18.0 Å². The Morgan fingerprint density at radius 1 is 1.00 bits per heavy atom. The highest BCUT2D eigenvalue weighted by Crippen LogP contribution is 2.13. The van der Waals surface area contributed by atoms with Gasteiger partial charge in [-0.15, -0.1) is 0 Å². The third kappa shape index (κ3) is 7.15. The molecule has 29 heavy (non-hydrogen) atoms. The zero-order valence-corrected chi connectivity index (χ0v) is 16.8. The lowest BCUT2D eigenvalue weighted by Gasteiger charge is -2.20. The standard InChI is InChI=1S/C20H22ClNO7/c1-13(2)17(22-20(25)27-10-14-6-4-3-5-7-14)19(24)26-11-15-8-9-16(29-15)18(23)28-12-21/h3-9,13,17H,10-12H2,1-2H3,(H,22,25)/t17-/m0/s1. The van der Waals surface area contributed by atoms with Crippen LogP contribution in [-0.4, -0.2) is 30.1 Å². The van der Waals surface area contributed by atoms with Gasteiger partial charge in [-0.05, 0) is 23.6 Å². The van der Waals surface area contributed by atoms with Crippen molar-refractivity contribution in [3.63, 3.8) is 0 Å². The number of alkyl carbamates (subject to hydrolysis) is 1. The van der Waals surface area contributed by atoms with Crippen LogP contribution in [0.2, 0.25) is 0 Å². The maximum Gasteiger partial charge on any atom is 0.408 e. The molecule has 8 nitrogen and oxygen atoms in total. The lowest BCUT2D eigenvalue weighted by atomic mass is 10.1. The second kappa shape index (κ2) is 11.1. The Hall–Kier alpha value is -3.00. The predicted molar refractivity (Wildman–Crippen MR) is 103 cm³/mol. The molecule has 0 aliphatic rings. The third-order valence-electron chi connectivity index (χ3n) is 3.81. The molecule has 1 atom stereocenters. The maximum atomic E-state index is 12.4. The number of amides is 1. The molecule has 9 heteroatoms. The summed E-state index contributed by atoms with van der Waals surface area (Å²) in [4.78, 5) is 35.9. The van der Waals surface area contributed by atoms with Gasteiger partial charge in [-0.1, -0.05) is 55.8 Å². The lowest BCUT2D eigenvalue weighted by molar-refractivity contribution is -0.149. The highest BCUT2D eigenvalue weighted by Gasteiger charge is 2.27. The van der Waals surface area contributed by atoms with Crippen molar-refractivity contribution in [3.05, 3.63) is 59.5 Å². The lowest BCUT2D eigenvalue weighted by Crippen LogP contribution is -2.45. The molecular weight excluding hydrogens is 402 g/mol. The van der Waals surface area contributed by atoms with Crippen molar-refractivity contribution in [3.8, 4) is 0 Å². The number of carbonyl (C=O) groups is 3. The minimum Gasteiger partial charge on any atom is -0.456 e. The summed E-state index contributed by atoms with van der Waals surface area (Å²) in [6.45, 7) is 3.39. The van der Waals surface area contributed by atoms with E-state index in [4.69, 9.17) is 25.5 Å². The largest absolute Gasteiger partial charge is 0.456 e. The minimum absolute atomic E-state index is 0.0558. The van der Waals surface area contributed by atoms with Gasteiger partial charge in [0.1, 0.15) is 25.0 Å². The Morgan fingerprint density at radius 2 is 1.72 bits per heavy atom. The van der Waals surface area contributed by atoms with Gasteiger partial charge in [0.15, 0.2) is 6.07 Å². The van der Waals surface area contributed by atoms with Crippen molar-refractivity contribution in [1.29, 1.82) is 0 Å². The number of benzene rings is 1. The first-order valence-electron chi connectivity index (χ1n) is 8.86. The van der Waals surface area contributed by atoms with Crippen molar-refractivity contribution >= 4 is 29.6 Å². The molecule has 0 unspecified atom stereocenters. The first-order chi connectivity index (χ1) is 13.9. The summed E-state index contributed by atoms with van der Waals surface area (Å²) >= 11 is 5.32. The first-order valence-corrected chi connectivity index (χ1v) is 9.39. The molecule has 0 aliphatic heterocycles. The Labute approximate surface area is 173 Å². The molecule has 1 N–H and O–H groups in total. The van der Waals surface area contributed by atoms with Gasteiger partial charge < -0.3 is 23.9 Å². The highest BCUT2D eigenvalue weighted by atomic mass is 35.5. The van der Waals surface area contributed by atoms with E-state index in [0.29, 0.717) is 0 Å². The number of ether oxygens (including phenoxy) is 3. The van der Waals surface area contributed by atoms with Crippen LogP contribution >= 0.6 is 11.6 Å². The summed E-state index contributed by atoms with van der Waals surface area (Å²) in [6, 6.07) is 10.8. The number of hydrogen-bond donors (Lipinski definition) is 1. The molecule has 0 radical (unpaired) electrons. The molecule has 156 valence electrons. The number of halogens is 1. The van der Waals surface area contributed by atoms with Crippen molar-refractivity contribution in [2.75, 3.05) is 6.07 Å². The van der Waals surface area contributed by atoms with Gasteiger partial charge in [-0.3, -0.25) is 0 Å². The van der Waals surface area contributed by atoms with Crippen LogP contribution in [0.5, 0.6) is 0 Å². The van der Waals surface area contributed by atoms with Gasteiger partial charge in [0, 0.05) is 0 Å². The van der Waals surface area contributed by atoms with Crippen molar-refractivity contribution in [1.82, 2.24) is 5.32 Å². The molecule has 2 rings (SSSR count).